The van der Waals surface area contributed by atoms with Crippen LogP contribution in [-0.2, 0) is 12.7 Å². The van der Waals surface area contributed by atoms with Crippen LogP contribution in [0.15, 0.2) is 24.3 Å². The standard InChI is InChI=1S/C13H9F6N3O2/c1-7-4-8(2-3-9(7)22(23)24)10-5-11(13(17,18)19)20-21(10)6-12(14,15)16/h2-5H,6H2,1H3. The molecule has 1 aromatic carbocycles. The van der Waals surface area contributed by atoms with Gasteiger partial charge in [-0.1, -0.05) is 0 Å². The van der Waals surface area contributed by atoms with E-state index in [9.17, 15) is 36.5 Å². The van der Waals surface area contributed by atoms with Crippen molar-refractivity contribution in [3.05, 3.63) is 45.6 Å². The highest BCUT2D eigenvalue weighted by Gasteiger charge is 2.37. The number of benzene rings is 1. The SMILES string of the molecule is Cc1cc(-c2cc(C(F)(F)F)nn2CC(F)(F)F)ccc1[N+](=O)[O-]. The second-order valence-electron chi connectivity index (χ2n) is 4.94. The highest BCUT2D eigenvalue weighted by atomic mass is 19.4. The summed E-state index contributed by atoms with van der Waals surface area (Å²) in [5.74, 6) is 0. The van der Waals surface area contributed by atoms with Crippen molar-refractivity contribution >= 4 is 5.69 Å². The van der Waals surface area contributed by atoms with Crippen molar-refractivity contribution in [1.82, 2.24) is 9.78 Å². The zero-order chi connectivity index (χ0) is 18.3. The number of aromatic nitrogens is 2. The summed E-state index contributed by atoms with van der Waals surface area (Å²) in [5.41, 5.74) is -2.14. The third-order valence-electron chi connectivity index (χ3n) is 3.09. The first-order chi connectivity index (χ1) is 10.9. The quantitative estimate of drug-likeness (QED) is 0.468. The van der Waals surface area contributed by atoms with Gasteiger partial charge in [-0.3, -0.25) is 14.8 Å². The number of hydrogen-bond donors (Lipinski definition) is 0. The van der Waals surface area contributed by atoms with Crippen molar-refractivity contribution in [1.29, 1.82) is 0 Å². The van der Waals surface area contributed by atoms with Gasteiger partial charge in [0.05, 0.1) is 10.6 Å². The van der Waals surface area contributed by atoms with Gasteiger partial charge in [-0.2, -0.15) is 31.4 Å². The lowest BCUT2D eigenvalue weighted by Crippen LogP contribution is -2.20. The summed E-state index contributed by atoms with van der Waals surface area (Å²) in [6, 6.07) is 3.71. The zero-order valence-electron chi connectivity index (χ0n) is 11.9. The van der Waals surface area contributed by atoms with Crippen molar-refractivity contribution in [2.45, 2.75) is 25.8 Å². The fourth-order valence-corrected chi connectivity index (χ4v) is 2.10. The van der Waals surface area contributed by atoms with Gasteiger partial charge < -0.3 is 0 Å². The molecule has 11 heteroatoms. The zero-order valence-corrected chi connectivity index (χ0v) is 11.9. The van der Waals surface area contributed by atoms with Gasteiger partial charge in [-0.15, -0.1) is 0 Å². The fourth-order valence-electron chi connectivity index (χ4n) is 2.10. The molecule has 5 nitrogen and oxygen atoms in total. The Morgan fingerprint density at radius 3 is 2.25 bits per heavy atom. The molecule has 0 saturated heterocycles. The Morgan fingerprint density at radius 2 is 1.79 bits per heavy atom. The predicted molar refractivity (Wildman–Crippen MR) is 70.1 cm³/mol. The highest BCUT2D eigenvalue weighted by molar-refractivity contribution is 5.64. The molecule has 0 bridgehead atoms. The lowest BCUT2D eigenvalue weighted by atomic mass is 10.1. The molecule has 0 radical (unpaired) electrons. The van der Waals surface area contributed by atoms with Gasteiger partial charge in [0.1, 0.15) is 6.54 Å². The third-order valence-corrected chi connectivity index (χ3v) is 3.09. The molecule has 0 fully saturated rings. The summed E-state index contributed by atoms with van der Waals surface area (Å²) in [4.78, 5) is 10.0. The molecule has 0 amide bonds. The molecule has 0 atom stereocenters. The average molecular weight is 353 g/mol. The van der Waals surface area contributed by atoms with Crippen LogP contribution in [0, 0.1) is 17.0 Å². The van der Waals surface area contributed by atoms with Gasteiger partial charge >= 0.3 is 12.4 Å². The van der Waals surface area contributed by atoms with E-state index in [2.05, 4.69) is 5.10 Å². The van der Waals surface area contributed by atoms with Crippen LogP contribution in [0.25, 0.3) is 11.3 Å². The van der Waals surface area contributed by atoms with Crippen LogP contribution >= 0.6 is 0 Å². The second kappa shape index (κ2) is 5.80. The Hall–Kier alpha value is -2.59. The summed E-state index contributed by atoms with van der Waals surface area (Å²) in [5, 5.41) is 13.7. The molecule has 2 aromatic rings. The molecule has 2 rings (SSSR count). The first-order valence-corrected chi connectivity index (χ1v) is 6.36. The molecule has 1 aromatic heterocycles. The van der Waals surface area contributed by atoms with Crippen LogP contribution in [0.2, 0.25) is 0 Å². The molecule has 1 heterocycles. The van der Waals surface area contributed by atoms with Gasteiger partial charge in [0.15, 0.2) is 5.69 Å². The summed E-state index contributed by atoms with van der Waals surface area (Å²) in [7, 11) is 0. The van der Waals surface area contributed by atoms with Crippen LogP contribution in [0.3, 0.4) is 0 Å². The molecule has 0 unspecified atom stereocenters. The Bertz CT molecular complexity index is 779. The van der Waals surface area contributed by atoms with Crippen molar-refractivity contribution in [3.63, 3.8) is 0 Å². The Morgan fingerprint density at radius 1 is 1.17 bits per heavy atom. The topological polar surface area (TPSA) is 61.0 Å². The molecule has 24 heavy (non-hydrogen) atoms. The van der Waals surface area contributed by atoms with Gasteiger partial charge in [-0.05, 0) is 25.1 Å². The lowest BCUT2D eigenvalue weighted by Gasteiger charge is -2.10. The minimum atomic E-state index is -4.92. The third kappa shape index (κ3) is 3.84. The number of aryl methyl sites for hydroxylation is 1. The number of alkyl halides is 6. The molecule has 0 saturated carbocycles. The molecule has 130 valence electrons. The summed E-state index contributed by atoms with van der Waals surface area (Å²) in [6.45, 7) is -0.384. The average Bonchev–Trinajstić information content (AvgIpc) is 2.79. The minimum absolute atomic E-state index is 0.0367. The van der Waals surface area contributed by atoms with E-state index in [1.54, 1.807) is 0 Å². The summed E-state index contributed by atoms with van der Waals surface area (Å²) in [6.07, 6.45) is -9.69. The summed E-state index contributed by atoms with van der Waals surface area (Å²) < 4.78 is 76.1. The van der Waals surface area contributed by atoms with E-state index in [-0.39, 0.29) is 21.5 Å². The number of hydrogen-bond acceptors (Lipinski definition) is 3. The van der Waals surface area contributed by atoms with Crippen LogP contribution in [-0.4, -0.2) is 20.9 Å². The minimum Gasteiger partial charge on any atom is -0.258 e. The fraction of sp³-hybridized carbons (Fsp3) is 0.308. The molecule has 0 aliphatic heterocycles. The van der Waals surface area contributed by atoms with Crippen molar-refractivity contribution in [2.24, 2.45) is 0 Å². The molecular formula is C13H9F6N3O2. The molecular weight excluding hydrogens is 344 g/mol. The van der Waals surface area contributed by atoms with Crippen LogP contribution in [0.4, 0.5) is 32.0 Å². The van der Waals surface area contributed by atoms with Crippen molar-refractivity contribution < 1.29 is 31.3 Å². The Kier molecular flexibility index (Phi) is 4.29. The maximum Gasteiger partial charge on any atom is 0.435 e. The normalized spacial score (nSPS) is 12.5. The maximum atomic E-state index is 12.7. The van der Waals surface area contributed by atoms with E-state index in [1.165, 1.54) is 6.92 Å². The van der Waals surface area contributed by atoms with E-state index in [0.717, 1.165) is 18.2 Å². The highest BCUT2D eigenvalue weighted by Crippen LogP contribution is 2.34. The number of halogens is 6. The van der Waals surface area contributed by atoms with Crippen LogP contribution in [0.1, 0.15) is 11.3 Å². The maximum absolute atomic E-state index is 12.7. The Labute approximate surface area is 130 Å². The molecule has 0 aliphatic carbocycles. The number of nitro groups is 1. The van der Waals surface area contributed by atoms with Crippen LogP contribution in [0.5, 0.6) is 0 Å². The monoisotopic (exact) mass is 353 g/mol. The second-order valence-corrected chi connectivity index (χ2v) is 4.94. The number of rotatable bonds is 3. The molecule has 0 N–H and O–H groups in total. The lowest BCUT2D eigenvalue weighted by molar-refractivity contribution is -0.385. The van der Waals surface area contributed by atoms with E-state index < -0.39 is 35.2 Å². The predicted octanol–water partition coefficient (Wildman–Crippen LogP) is 4.35. The smallest absolute Gasteiger partial charge is 0.258 e. The van der Waals surface area contributed by atoms with Gasteiger partial charge in [0, 0.05) is 17.2 Å². The number of nitrogens with zero attached hydrogens (tertiary/aromatic N) is 3. The van der Waals surface area contributed by atoms with E-state index >= 15 is 0 Å². The Balaban J connectivity index is 2.57. The molecule has 0 spiro atoms. The van der Waals surface area contributed by atoms with Gasteiger partial charge in [0.2, 0.25) is 0 Å². The summed E-state index contributed by atoms with van der Waals surface area (Å²) >= 11 is 0. The number of nitro benzene ring substituents is 1. The molecule has 0 aliphatic rings. The van der Waals surface area contributed by atoms with E-state index in [1.807, 2.05) is 0 Å². The van der Waals surface area contributed by atoms with Gasteiger partial charge in [0.25, 0.3) is 5.69 Å². The van der Waals surface area contributed by atoms with Crippen LogP contribution < -0.4 is 0 Å². The first-order valence-electron chi connectivity index (χ1n) is 6.36. The largest absolute Gasteiger partial charge is 0.435 e. The van der Waals surface area contributed by atoms with Crippen molar-refractivity contribution in [3.8, 4) is 11.3 Å². The van der Waals surface area contributed by atoms with E-state index in [0.29, 0.717) is 6.07 Å². The van der Waals surface area contributed by atoms with Crippen molar-refractivity contribution in [2.75, 3.05) is 0 Å². The first kappa shape index (κ1) is 17.8. The van der Waals surface area contributed by atoms with E-state index in [4.69, 9.17) is 0 Å². The van der Waals surface area contributed by atoms with Gasteiger partial charge in [-0.25, -0.2) is 0 Å².